The average molecular weight is 254 g/mol. The molecular formula is C13H16ClNO2. The Hall–Kier alpha value is -1.48. The lowest BCUT2D eigenvalue weighted by molar-refractivity contribution is -0.138. The molecular weight excluding hydrogens is 238 g/mol. The summed E-state index contributed by atoms with van der Waals surface area (Å²) in [4.78, 5) is 12.7. The summed E-state index contributed by atoms with van der Waals surface area (Å²) in [6, 6.07) is 7.85. The predicted molar refractivity (Wildman–Crippen MR) is 70.2 cm³/mol. The lowest BCUT2D eigenvalue weighted by atomic mass is 10.2. The topological polar surface area (TPSA) is 42.1 Å². The highest BCUT2D eigenvalue weighted by molar-refractivity contribution is 6.35. The molecule has 0 atom stereocenters. The number of H-pyrrole nitrogens is 1. The zero-order valence-corrected chi connectivity index (χ0v) is 10.9. The summed E-state index contributed by atoms with van der Waals surface area (Å²) in [6.45, 7) is 5.92. The van der Waals surface area contributed by atoms with Gasteiger partial charge < -0.3 is 9.72 Å². The summed E-state index contributed by atoms with van der Waals surface area (Å²) in [5, 5.41) is 1.94. The molecule has 0 spiro atoms. The largest absolute Gasteiger partial charge is 0.462 e. The molecule has 3 nitrogen and oxygen atoms in total. The molecule has 17 heavy (non-hydrogen) atoms. The van der Waals surface area contributed by atoms with E-state index in [2.05, 4.69) is 9.72 Å². The third-order valence-corrected chi connectivity index (χ3v) is 2.25. The van der Waals surface area contributed by atoms with Crippen LogP contribution < -0.4 is 0 Å². The van der Waals surface area contributed by atoms with Crippen LogP contribution in [-0.2, 0) is 9.53 Å². The van der Waals surface area contributed by atoms with Crippen LogP contribution in [-0.4, -0.2) is 17.1 Å². The van der Waals surface area contributed by atoms with Gasteiger partial charge in [0.15, 0.2) is 0 Å². The van der Waals surface area contributed by atoms with Crippen molar-refractivity contribution < 1.29 is 9.53 Å². The van der Waals surface area contributed by atoms with E-state index in [-0.39, 0.29) is 5.60 Å². The average Bonchev–Trinajstić information content (AvgIpc) is 2.66. The number of benzene rings is 1. The Bertz CT molecular complexity index is 485. The number of ether oxygens (including phenoxy) is 1. The third-order valence-electron chi connectivity index (χ3n) is 1.94. The first kappa shape index (κ1) is 13.6. The van der Waals surface area contributed by atoms with Crippen molar-refractivity contribution in [3.05, 3.63) is 35.5 Å². The lowest BCUT2D eigenvalue weighted by Gasteiger charge is -2.14. The van der Waals surface area contributed by atoms with Gasteiger partial charge in [0.2, 0.25) is 0 Å². The molecule has 1 aromatic heterocycles. The van der Waals surface area contributed by atoms with Crippen molar-refractivity contribution in [3.8, 4) is 0 Å². The molecule has 92 valence electrons. The molecule has 1 heterocycles. The fourth-order valence-electron chi connectivity index (χ4n) is 1.19. The smallest absolute Gasteiger partial charge is 0.293 e. The molecule has 0 aliphatic rings. The standard InChI is InChI=1S/C8H6ClN.C5H10O2/c9-7-3-1-2-6-4-5-10-8(6)7;1-5(2,3)7-4-6/h1-5,10H;4H,1-3H3. The number of halogens is 1. The van der Waals surface area contributed by atoms with Gasteiger partial charge in [-0.2, -0.15) is 0 Å². The molecule has 0 fully saturated rings. The summed E-state index contributed by atoms with van der Waals surface area (Å²) < 4.78 is 4.55. The first-order chi connectivity index (χ1) is 7.94. The molecule has 2 rings (SSSR count). The van der Waals surface area contributed by atoms with Crippen molar-refractivity contribution in [2.24, 2.45) is 0 Å². The van der Waals surface area contributed by atoms with E-state index in [0.717, 1.165) is 15.9 Å². The van der Waals surface area contributed by atoms with E-state index in [4.69, 9.17) is 11.6 Å². The first-order valence-electron chi connectivity index (χ1n) is 5.27. The molecule has 1 aromatic carbocycles. The van der Waals surface area contributed by atoms with Crippen molar-refractivity contribution in [1.29, 1.82) is 0 Å². The Morgan fingerprint density at radius 3 is 2.47 bits per heavy atom. The summed E-state index contributed by atoms with van der Waals surface area (Å²) in [7, 11) is 0. The molecule has 0 aliphatic heterocycles. The number of carbonyl (C=O) groups excluding carboxylic acids is 1. The fourth-order valence-corrected chi connectivity index (χ4v) is 1.43. The quantitative estimate of drug-likeness (QED) is 0.786. The second-order valence-electron chi connectivity index (χ2n) is 4.51. The number of para-hydroxylation sites is 1. The maximum absolute atomic E-state index is 9.60. The van der Waals surface area contributed by atoms with Crippen molar-refractivity contribution in [1.82, 2.24) is 4.98 Å². The second-order valence-corrected chi connectivity index (χ2v) is 4.92. The van der Waals surface area contributed by atoms with Crippen LogP contribution in [0.15, 0.2) is 30.5 Å². The Morgan fingerprint density at radius 1 is 1.29 bits per heavy atom. The Labute approximate surface area is 106 Å². The van der Waals surface area contributed by atoms with Crippen LogP contribution in [0.2, 0.25) is 5.02 Å². The highest BCUT2D eigenvalue weighted by Crippen LogP contribution is 2.20. The van der Waals surface area contributed by atoms with E-state index in [1.807, 2.05) is 51.2 Å². The van der Waals surface area contributed by atoms with Crippen LogP contribution in [0, 0.1) is 0 Å². The van der Waals surface area contributed by atoms with Gasteiger partial charge in [0.25, 0.3) is 6.47 Å². The highest BCUT2D eigenvalue weighted by atomic mass is 35.5. The van der Waals surface area contributed by atoms with E-state index < -0.39 is 0 Å². The molecule has 4 heteroatoms. The maximum atomic E-state index is 9.60. The number of fused-ring (bicyclic) bond motifs is 1. The third kappa shape index (κ3) is 4.49. The summed E-state index contributed by atoms with van der Waals surface area (Å²) in [5.41, 5.74) is 0.700. The van der Waals surface area contributed by atoms with Gasteiger partial charge in [0.05, 0.1) is 10.5 Å². The number of hydrogen-bond acceptors (Lipinski definition) is 2. The van der Waals surface area contributed by atoms with Crippen LogP contribution in [0.3, 0.4) is 0 Å². The predicted octanol–water partition coefficient (Wildman–Crippen LogP) is 3.78. The van der Waals surface area contributed by atoms with Crippen molar-refractivity contribution >= 4 is 29.0 Å². The number of nitrogens with one attached hydrogen (secondary N) is 1. The van der Waals surface area contributed by atoms with Gasteiger partial charge in [-0.05, 0) is 32.9 Å². The first-order valence-corrected chi connectivity index (χ1v) is 5.65. The second kappa shape index (κ2) is 5.73. The lowest BCUT2D eigenvalue weighted by Crippen LogP contribution is -2.17. The van der Waals surface area contributed by atoms with E-state index in [0.29, 0.717) is 6.47 Å². The van der Waals surface area contributed by atoms with E-state index >= 15 is 0 Å². The summed E-state index contributed by atoms with van der Waals surface area (Å²) >= 11 is 5.87. The summed E-state index contributed by atoms with van der Waals surface area (Å²) in [6.07, 6.45) is 1.89. The molecule has 0 aliphatic carbocycles. The monoisotopic (exact) mass is 253 g/mol. The number of hydrogen-bond donors (Lipinski definition) is 1. The van der Waals surface area contributed by atoms with Gasteiger partial charge in [-0.3, -0.25) is 4.79 Å². The minimum absolute atomic E-state index is 0.318. The van der Waals surface area contributed by atoms with Gasteiger partial charge in [0, 0.05) is 11.6 Å². The molecule has 0 radical (unpaired) electrons. The Kier molecular flexibility index (Phi) is 4.58. The molecule has 0 amide bonds. The molecule has 0 saturated heterocycles. The minimum atomic E-state index is -0.318. The zero-order chi connectivity index (χ0) is 12.9. The van der Waals surface area contributed by atoms with Gasteiger partial charge >= 0.3 is 0 Å². The van der Waals surface area contributed by atoms with E-state index in [1.165, 1.54) is 0 Å². The van der Waals surface area contributed by atoms with Crippen LogP contribution in [0.5, 0.6) is 0 Å². The number of rotatable bonds is 1. The molecule has 0 bridgehead atoms. The Balaban J connectivity index is 0.000000185. The molecule has 0 unspecified atom stereocenters. The highest BCUT2D eigenvalue weighted by Gasteiger charge is 2.07. The minimum Gasteiger partial charge on any atom is -0.462 e. The van der Waals surface area contributed by atoms with E-state index in [9.17, 15) is 4.79 Å². The number of carbonyl (C=O) groups is 1. The van der Waals surface area contributed by atoms with Gasteiger partial charge in [-0.15, -0.1) is 0 Å². The molecule has 2 aromatic rings. The summed E-state index contributed by atoms with van der Waals surface area (Å²) in [5.74, 6) is 0. The van der Waals surface area contributed by atoms with Gasteiger partial charge in [-0.25, -0.2) is 0 Å². The SMILES string of the molecule is CC(C)(C)OC=O.Clc1cccc2cc[nH]c12. The van der Waals surface area contributed by atoms with Crippen LogP contribution in [0.4, 0.5) is 0 Å². The number of aromatic amines is 1. The maximum Gasteiger partial charge on any atom is 0.293 e. The van der Waals surface area contributed by atoms with Crippen LogP contribution in [0.25, 0.3) is 10.9 Å². The van der Waals surface area contributed by atoms with Crippen LogP contribution in [0.1, 0.15) is 20.8 Å². The fraction of sp³-hybridized carbons (Fsp3) is 0.308. The molecule has 1 N–H and O–H groups in total. The number of aromatic nitrogens is 1. The normalized spacial score (nSPS) is 10.6. The van der Waals surface area contributed by atoms with Crippen molar-refractivity contribution in [2.45, 2.75) is 26.4 Å². The van der Waals surface area contributed by atoms with Gasteiger partial charge in [0.1, 0.15) is 5.60 Å². The van der Waals surface area contributed by atoms with Crippen molar-refractivity contribution in [3.63, 3.8) is 0 Å². The Morgan fingerprint density at radius 2 is 2.00 bits per heavy atom. The van der Waals surface area contributed by atoms with Gasteiger partial charge in [-0.1, -0.05) is 23.7 Å². The van der Waals surface area contributed by atoms with E-state index in [1.54, 1.807) is 0 Å². The van der Waals surface area contributed by atoms with Crippen LogP contribution >= 0.6 is 11.6 Å². The van der Waals surface area contributed by atoms with Crippen molar-refractivity contribution in [2.75, 3.05) is 0 Å². The molecule has 0 saturated carbocycles. The zero-order valence-electron chi connectivity index (χ0n) is 10.2.